The van der Waals surface area contributed by atoms with Gasteiger partial charge >= 0.3 is 0 Å². The van der Waals surface area contributed by atoms with Gasteiger partial charge < -0.3 is 19.0 Å². The molecule has 1 aromatic heterocycles. The molecule has 3 aromatic rings. The van der Waals surface area contributed by atoms with Gasteiger partial charge in [0.1, 0.15) is 17.1 Å². The molecular formula is C21H19FN2O4. The molecule has 0 aliphatic carbocycles. The van der Waals surface area contributed by atoms with E-state index in [1.54, 1.807) is 53.3 Å². The molecule has 1 aliphatic heterocycles. The van der Waals surface area contributed by atoms with Gasteiger partial charge in [-0.25, -0.2) is 4.39 Å². The standard InChI is InChI=1S/C21H19FN2O4/c1-27-15-6-7-18-14(12-15)13-19(28-18)21(26)24-10-8-23(9-11-24)20(25)16-4-2-3-5-17(16)22/h2-7,12-13H,8-11H2,1H3. The van der Waals surface area contributed by atoms with Crippen LogP contribution in [0.5, 0.6) is 5.75 Å². The van der Waals surface area contributed by atoms with Crippen molar-refractivity contribution in [2.24, 2.45) is 0 Å². The molecule has 2 amide bonds. The summed E-state index contributed by atoms with van der Waals surface area (Å²) in [5.74, 6) is -0.192. The molecule has 28 heavy (non-hydrogen) atoms. The summed E-state index contributed by atoms with van der Waals surface area (Å²) in [6, 6.07) is 12.9. The first-order valence-electron chi connectivity index (χ1n) is 8.97. The van der Waals surface area contributed by atoms with E-state index in [0.29, 0.717) is 37.5 Å². The molecule has 144 valence electrons. The van der Waals surface area contributed by atoms with E-state index in [1.807, 2.05) is 0 Å². The van der Waals surface area contributed by atoms with Gasteiger partial charge in [0.05, 0.1) is 12.7 Å². The fourth-order valence-corrected chi connectivity index (χ4v) is 3.33. The minimum absolute atomic E-state index is 0.0495. The van der Waals surface area contributed by atoms with Gasteiger partial charge in [0, 0.05) is 31.6 Å². The van der Waals surface area contributed by atoms with Crippen molar-refractivity contribution in [1.82, 2.24) is 9.80 Å². The van der Waals surface area contributed by atoms with E-state index in [4.69, 9.17) is 9.15 Å². The Morgan fingerprint density at radius 2 is 1.64 bits per heavy atom. The predicted octanol–water partition coefficient (Wildman–Crippen LogP) is 3.18. The summed E-state index contributed by atoms with van der Waals surface area (Å²) < 4.78 is 24.7. The summed E-state index contributed by atoms with van der Waals surface area (Å²) in [5.41, 5.74) is 0.658. The van der Waals surface area contributed by atoms with Crippen LogP contribution in [0.3, 0.4) is 0 Å². The highest BCUT2D eigenvalue weighted by molar-refractivity contribution is 5.97. The molecule has 2 aromatic carbocycles. The third-order valence-electron chi connectivity index (χ3n) is 4.89. The smallest absolute Gasteiger partial charge is 0.289 e. The Morgan fingerprint density at radius 1 is 0.964 bits per heavy atom. The lowest BCUT2D eigenvalue weighted by molar-refractivity contribution is 0.0517. The van der Waals surface area contributed by atoms with Gasteiger partial charge in [0.2, 0.25) is 0 Å². The van der Waals surface area contributed by atoms with Crippen LogP contribution in [-0.4, -0.2) is 54.9 Å². The molecule has 2 heterocycles. The van der Waals surface area contributed by atoms with E-state index in [0.717, 1.165) is 5.39 Å². The molecule has 6 nitrogen and oxygen atoms in total. The highest BCUT2D eigenvalue weighted by atomic mass is 19.1. The second kappa shape index (κ2) is 7.34. The fraction of sp³-hybridized carbons (Fsp3) is 0.238. The average Bonchev–Trinajstić information content (AvgIpc) is 3.16. The van der Waals surface area contributed by atoms with Crippen LogP contribution in [0, 0.1) is 5.82 Å². The number of benzene rings is 2. The number of hydrogen-bond acceptors (Lipinski definition) is 4. The van der Waals surface area contributed by atoms with E-state index < -0.39 is 5.82 Å². The third-order valence-corrected chi connectivity index (χ3v) is 4.89. The van der Waals surface area contributed by atoms with E-state index in [2.05, 4.69) is 0 Å². The number of halogens is 1. The van der Waals surface area contributed by atoms with Crippen LogP contribution >= 0.6 is 0 Å². The number of nitrogens with zero attached hydrogens (tertiary/aromatic N) is 2. The minimum Gasteiger partial charge on any atom is -0.497 e. The first kappa shape index (κ1) is 18.0. The second-order valence-electron chi connectivity index (χ2n) is 6.58. The van der Waals surface area contributed by atoms with Crippen LogP contribution in [0.15, 0.2) is 52.9 Å². The number of hydrogen-bond donors (Lipinski definition) is 0. The Hall–Kier alpha value is -3.35. The highest BCUT2D eigenvalue weighted by Gasteiger charge is 2.28. The average molecular weight is 382 g/mol. The Morgan fingerprint density at radius 3 is 2.32 bits per heavy atom. The van der Waals surface area contributed by atoms with Crippen molar-refractivity contribution in [2.75, 3.05) is 33.3 Å². The van der Waals surface area contributed by atoms with Gasteiger partial charge in [-0.05, 0) is 36.4 Å². The first-order chi connectivity index (χ1) is 13.6. The first-order valence-corrected chi connectivity index (χ1v) is 8.97. The topological polar surface area (TPSA) is 63.0 Å². The van der Waals surface area contributed by atoms with Gasteiger partial charge in [-0.2, -0.15) is 0 Å². The molecule has 1 saturated heterocycles. The lowest BCUT2D eigenvalue weighted by atomic mass is 10.1. The Balaban J connectivity index is 1.44. The minimum atomic E-state index is -0.538. The zero-order valence-corrected chi connectivity index (χ0v) is 15.4. The van der Waals surface area contributed by atoms with Gasteiger partial charge in [-0.1, -0.05) is 12.1 Å². The zero-order valence-electron chi connectivity index (χ0n) is 15.4. The highest BCUT2D eigenvalue weighted by Crippen LogP contribution is 2.25. The van der Waals surface area contributed by atoms with Crippen LogP contribution in [0.2, 0.25) is 0 Å². The van der Waals surface area contributed by atoms with Crippen molar-refractivity contribution in [1.29, 1.82) is 0 Å². The third kappa shape index (κ3) is 3.31. The van der Waals surface area contributed by atoms with Gasteiger partial charge in [0.15, 0.2) is 5.76 Å². The molecule has 4 rings (SSSR count). The van der Waals surface area contributed by atoms with Crippen LogP contribution in [0.4, 0.5) is 4.39 Å². The molecule has 1 fully saturated rings. The molecule has 0 atom stereocenters. The number of carbonyl (C=O) groups is 2. The molecular weight excluding hydrogens is 363 g/mol. The SMILES string of the molecule is COc1ccc2oc(C(=O)N3CCN(C(=O)c4ccccc4F)CC3)cc2c1. The predicted molar refractivity (Wildman–Crippen MR) is 101 cm³/mol. The number of furan rings is 1. The number of methoxy groups -OCH3 is 1. The zero-order chi connectivity index (χ0) is 19.7. The van der Waals surface area contributed by atoms with Gasteiger partial charge in [0.25, 0.3) is 11.8 Å². The van der Waals surface area contributed by atoms with E-state index in [9.17, 15) is 14.0 Å². The number of carbonyl (C=O) groups excluding carboxylic acids is 2. The maximum Gasteiger partial charge on any atom is 0.289 e. The molecule has 0 radical (unpaired) electrons. The van der Waals surface area contributed by atoms with Crippen molar-refractivity contribution in [3.63, 3.8) is 0 Å². The van der Waals surface area contributed by atoms with Crippen molar-refractivity contribution in [3.05, 3.63) is 65.7 Å². The van der Waals surface area contributed by atoms with Crippen molar-refractivity contribution < 1.29 is 23.1 Å². The Kier molecular flexibility index (Phi) is 4.73. The molecule has 0 bridgehead atoms. The summed E-state index contributed by atoms with van der Waals surface area (Å²) in [4.78, 5) is 28.5. The quantitative estimate of drug-likeness (QED) is 0.698. The number of ether oxygens (including phenoxy) is 1. The normalized spacial score (nSPS) is 14.4. The number of piperazine rings is 1. The van der Waals surface area contributed by atoms with E-state index >= 15 is 0 Å². The molecule has 1 aliphatic rings. The van der Waals surface area contributed by atoms with Gasteiger partial charge in [-0.15, -0.1) is 0 Å². The van der Waals surface area contributed by atoms with Crippen LogP contribution < -0.4 is 4.74 Å². The van der Waals surface area contributed by atoms with Crippen molar-refractivity contribution in [2.45, 2.75) is 0 Å². The number of rotatable bonds is 3. The van der Waals surface area contributed by atoms with E-state index in [-0.39, 0.29) is 23.1 Å². The maximum absolute atomic E-state index is 13.8. The summed E-state index contributed by atoms with van der Waals surface area (Å²) >= 11 is 0. The molecule has 0 unspecified atom stereocenters. The van der Waals surface area contributed by atoms with E-state index in [1.165, 1.54) is 12.1 Å². The Labute approximate surface area is 161 Å². The number of fused-ring (bicyclic) bond motifs is 1. The molecule has 7 heteroatoms. The lowest BCUT2D eigenvalue weighted by Crippen LogP contribution is -2.50. The van der Waals surface area contributed by atoms with Crippen LogP contribution in [0.25, 0.3) is 11.0 Å². The summed E-state index contributed by atoms with van der Waals surface area (Å²) in [6.45, 7) is 1.40. The molecule has 0 saturated carbocycles. The van der Waals surface area contributed by atoms with Crippen LogP contribution in [0.1, 0.15) is 20.9 Å². The number of amides is 2. The van der Waals surface area contributed by atoms with Gasteiger partial charge in [-0.3, -0.25) is 9.59 Å². The molecule has 0 N–H and O–H groups in total. The maximum atomic E-state index is 13.8. The van der Waals surface area contributed by atoms with Crippen LogP contribution in [-0.2, 0) is 0 Å². The lowest BCUT2D eigenvalue weighted by Gasteiger charge is -2.34. The monoisotopic (exact) mass is 382 g/mol. The Bertz CT molecular complexity index is 1040. The summed E-state index contributed by atoms with van der Waals surface area (Å²) in [7, 11) is 1.58. The van der Waals surface area contributed by atoms with Crippen molar-refractivity contribution >= 4 is 22.8 Å². The van der Waals surface area contributed by atoms with Crippen molar-refractivity contribution in [3.8, 4) is 5.75 Å². The summed E-state index contributed by atoms with van der Waals surface area (Å²) in [5, 5.41) is 0.788. The second-order valence-corrected chi connectivity index (χ2v) is 6.58. The fourth-order valence-electron chi connectivity index (χ4n) is 3.33. The largest absolute Gasteiger partial charge is 0.497 e. The molecule has 0 spiro atoms. The summed E-state index contributed by atoms with van der Waals surface area (Å²) in [6.07, 6.45) is 0.